The molecule has 0 radical (unpaired) electrons. The monoisotopic (exact) mass is 276 g/mol. The molecule has 2 aliphatic rings. The van der Waals surface area contributed by atoms with E-state index >= 15 is 0 Å². The summed E-state index contributed by atoms with van der Waals surface area (Å²) in [5.74, 6) is -0.161. The quantitative estimate of drug-likeness (QED) is 0.900. The van der Waals surface area contributed by atoms with Gasteiger partial charge in [-0.2, -0.15) is 0 Å². The van der Waals surface area contributed by atoms with Crippen molar-refractivity contribution in [3.63, 3.8) is 0 Å². The summed E-state index contributed by atoms with van der Waals surface area (Å²) in [5.41, 5.74) is 0.563. The van der Waals surface area contributed by atoms with E-state index in [2.05, 4.69) is 5.32 Å². The minimum atomic E-state index is -0.179. The van der Waals surface area contributed by atoms with Crippen molar-refractivity contribution in [2.24, 2.45) is 0 Å². The highest BCUT2D eigenvalue weighted by Gasteiger charge is 2.46. The summed E-state index contributed by atoms with van der Waals surface area (Å²) in [5, 5.41) is 2.98. The molecule has 4 heteroatoms. The van der Waals surface area contributed by atoms with Crippen LogP contribution in [0.2, 0.25) is 0 Å². The zero-order valence-electron chi connectivity index (χ0n) is 11.9. The molecule has 1 aromatic carbocycles. The highest BCUT2D eigenvalue weighted by molar-refractivity contribution is 5.74. The fourth-order valence-corrected chi connectivity index (χ4v) is 2.89. The fourth-order valence-electron chi connectivity index (χ4n) is 2.89. The van der Waals surface area contributed by atoms with E-state index in [9.17, 15) is 9.18 Å². The van der Waals surface area contributed by atoms with Crippen molar-refractivity contribution in [2.45, 2.75) is 43.6 Å². The third-order valence-corrected chi connectivity index (χ3v) is 4.82. The number of nitrogens with zero attached hydrogens (tertiary/aromatic N) is 1. The Bertz CT molecular complexity index is 509. The van der Waals surface area contributed by atoms with Crippen LogP contribution in [0.4, 0.5) is 9.18 Å². The molecule has 0 bridgehead atoms. The summed E-state index contributed by atoms with van der Waals surface area (Å²) in [6, 6.07) is 7.26. The highest BCUT2D eigenvalue weighted by atomic mass is 19.1. The lowest BCUT2D eigenvalue weighted by atomic mass is 9.92. The van der Waals surface area contributed by atoms with Gasteiger partial charge in [0, 0.05) is 25.0 Å². The zero-order chi connectivity index (χ0) is 14.2. The maximum Gasteiger partial charge on any atom is 0.317 e. The van der Waals surface area contributed by atoms with Crippen molar-refractivity contribution in [1.29, 1.82) is 0 Å². The van der Waals surface area contributed by atoms with Crippen LogP contribution >= 0.6 is 0 Å². The summed E-state index contributed by atoms with van der Waals surface area (Å²) in [6.45, 7) is 0.532. The van der Waals surface area contributed by atoms with Crippen LogP contribution in [-0.4, -0.2) is 30.6 Å². The largest absolute Gasteiger partial charge is 0.337 e. The molecular weight excluding hydrogens is 255 g/mol. The number of rotatable bonds is 4. The number of amides is 2. The predicted molar refractivity (Wildman–Crippen MR) is 76.1 cm³/mol. The van der Waals surface area contributed by atoms with Gasteiger partial charge in [0.25, 0.3) is 0 Å². The van der Waals surface area contributed by atoms with Gasteiger partial charge >= 0.3 is 6.03 Å². The molecule has 2 saturated carbocycles. The molecular formula is C16H21FN2O. The molecule has 0 aliphatic heterocycles. The van der Waals surface area contributed by atoms with E-state index in [4.69, 9.17) is 0 Å². The molecule has 0 spiro atoms. The second-order valence-electron chi connectivity index (χ2n) is 6.11. The lowest BCUT2D eigenvalue weighted by Crippen LogP contribution is -2.48. The van der Waals surface area contributed by atoms with Crippen LogP contribution < -0.4 is 5.32 Å². The van der Waals surface area contributed by atoms with E-state index < -0.39 is 0 Å². The minimum absolute atomic E-state index is 0.0303. The van der Waals surface area contributed by atoms with Gasteiger partial charge in [-0.1, -0.05) is 18.2 Å². The van der Waals surface area contributed by atoms with Gasteiger partial charge in [0.2, 0.25) is 0 Å². The maximum absolute atomic E-state index is 13.9. The molecule has 108 valence electrons. The number of hydrogen-bond donors (Lipinski definition) is 1. The Morgan fingerprint density at radius 2 is 2.10 bits per heavy atom. The van der Waals surface area contributed by atoms with Gasteiger partial charge < -0.3 is 10.2 Å². The average molecular weight is 276 g/mol. The number of carbonyl (C=O) groups excluding carboxylic acids is 1. The highest BCUT2D eigenvalue weighted by Crippen LogP contribution is 2.48. The first-order valence-electron chi connectivity index (χ1n) is 7.38. The van der Waals surface area contributed by atoms with Gasteiger partial charge in [0.05, 0.1) is 0 Å². The Balaban J connectivity index is 1.60. The Morgan fingerprint density at radius 1 is 1.40 bits per heavy atom. The standard InChI is InChI=1S/C16H21FN2O/c1-19(12-5-4-6-12)15(20)18-11-16(9-10-16)13-7-2-3-8-14(13)17/h2-3,7-8,12H,4-6,9-11H2,1H3,(H,18,20). The molecule has 0 heterocycles. The molecule has 0 atom stereocenters. The van der Waals surface area contributed by atoms with Crippen molar-refractivity contribution in [3.05, 3.63) is 35.6 Å². The second kappa shape index (κ2) is 5.08. The Kier molecular flexibility index (Phi) is 3.40. The summed E-state index contributed by atoms with van der Waals surface area (Å²) in [7, 11) is 1.85. The van der Waals surface area contributed by atoms with Gasteiger partial charge in [0.15, 0.2) is 0 Å². The molecule has 1 aromatic rings. The normalized spacial score (nSPS) is 20.1. The zero-order valence-corrected chi connectivity index (χ0v) is 11.9. The van der Waals surface area contributed by atoms with Crippen molar-refractivity contribution in [3.8, 4) is 0 Å². The van der Waals surface area contributed by atoms with Gasteiger partial charge in [-0.25, -0.2) is 9.18 Å². The van der Waals surface area contributed by atoms with Crippen LogP contribution in [0.1, 0.15) is 37.7 Å². The molecule has 2 fully saturated rings. The Labute approximate surface area is 119 Å². The first-order valence-corrected chi connectivity index (χ1v) is 7.38. The Morgan fingerprint density at radius 3 is 2.65 bits per heavy atom. The first-order chi connectivity index (χ1) is 9.62. The van der Waals surface area contributed by atoms with Crippen LogP contribution in [0.3, 0.4) is 0 Å². The molecule has 3 rings (SSSR count). The molecule has 2 amide bonds. The van der Waals surface area contributed by atoms with E-state index in [1.54, 1.807) is 11.0 Å². The number of urea groups is 1. The maximum atomic E-state index is 13.9. The number of carbonyl (C=O) groups is 1. The minimum Gasteiger partial charge on any atom is -0.337 e. The molecule has 0 unspecified atom stereocenters. The molecule has 3 nitrogen and oxygen atoms in total. The number of hydrogen-bond acceptors (Lipinski definition) is 1. The summed E-state index contributed by atoms with van der Waals surface area (Å²) in [6.07, 6.45) is 5.30. The van der Waals surface area contributed by atoms with Crippen LogP contribution in [0.15, 0.2) is 24.3 Å². The molecule has 0 aromatic heterocycles. The van der Waals surface area contributed by atoms with Gasteiger partial charge in [-0.3, -0.25) is 0 Å². The molecule has 2 aliphatic carbocycles. The van der Waals surface area contributed by atoms with Crippen molar-refractivity contribution >= 4 is 6.03 Å². The van der Waals surface area contributed by atoms with Gasteiger partial charge in [0.1, 0.15) is 5.82 Å². The lowest BCUT2D eigenvalue weighted by Gasteiger charge is -2.35. The summed E-state index contributed by atoms with van der Waals surface area (Å²) >= 11 is 0. The van der Waals surface area contributed by atoms with Crippen molar-refractivity contribution in [2.75, 3.05) is 13.6 Å². The van der Waals surface area contributed by atoms with E-state index in [1.165, 1.54) is 12.5 Å². The topological polar surface area (TPSA) is 32.3 Å². The van der Waals surface area contributed by atoms with E-state index in [-0.39, 0.29) is 17.3 Å². The summed E-state index contributed by atoms with van der Waals surface area (Å²) in [4.78, 5) is 13.9. The van der Waals surface area contributed by atoms with Crippen molar-refractivity contribution < 1.29 is 9.18 Å². The van der Waals surface area contributed by atoms with Crippen LogP contribution in [0.25, 0.3) is 0 Å². The SMILES string of the molecule is CN(C(=O)NCC1(c2ccccc2F)CC1)C1CCC1. The van der Waals surface area contributed by atoms with Gasteiger partial charge in [-0.05, 0) is 43.7 Å². The second-order valence-corrected chi connectivity index (χ2v) is 6.11. The molecule has 20 heavy (non-hydrogen) atoms. The van der Waals surface area contributed by atoms with Crippen LogP contribution in [0.5, 0.6) is 0 Å². The van der Waals surface area contributed by atoms with E-state index in [1.807, 2.05) is 19.2 Å². The van der Waals surface area contributed by atoms with Crippen LogP contribution in [-0.2, 0) is 5.41 Å². The first kappa shape index (κ1) is 13.4. The van der Waals surface area contributed by atoms with Crippen molar-refractivity contribution in [1.82, 2.24) is 10.2 Å². The third kappa shape index (κ3) is 2.39. The smallest absolute Gasteiger partial charge is 0.317 e. The van der Waals surface area contributed by atoms with E-state index in [0.717, 1.165) is 31.2 Å². The number of nitrogens with one attached hydrogen (secondary N) is 1. The molecule has 1 N–H and O–H groups in total. The van der Waals surface area contributed by atoms with Gasteiger partial charge in [-0.15, -0.1) is 0 Å². The summed E-state index contributed by atoms with van der Waals surface area (Å²) < 4.78 is 13.9. The van der Waals surface area contributed by atoms with Crippen LogP contribution in [0, 0.1) is 5.82 Å². The molecule has 0 saturated heterocycles. The average Bonchev–Trinajstić information content (AvgIpc) is 3.15. The number of halogens is 1. The lowest BCUT2D eigenvalue weighted by molar-refractivity contribution is 0.157. The Hall–Kier alpha value is -1.58. The fraction of sp³-hybridized carbons (Fsp3) is 0.562. The third-order valence-electron chi connectivity index (χ3n) is 4.82. The predicted octanol–water partition coefficient (Wildman–Crippen LogP) is 3.05. The van der Waals surface area contributed by atoms with E-state index in [0.29, 0.717) is 12.6 Å². The number of benzene rings is 1.